The summed E-state index contributed by atoms with van der Waals surface area (Å²) in [5, 5.41) is 19.7. The highest BCUT2D eigenvalue weighted by Crippen LogP contribution is 2.30. The lowest BCUT2D eigenvalue weighted by Crippen LogP contribution is -2.11. The minimum Gasteiger partial charge on any atom is -0.504 e. The summed E-state index contributed by atoms with van der Waals surface area (Å²) in [6.45, 7) is 2.63. The van der Waals surface area contributed by atoms with Crippen molar-refractivity contribution in [1.82, 2.24) is 5.06 Å². The SMILES string of the molecule is CCOc1cccc(CN(C)O)c1O. The molecule has 0 atom stereocenters. The van der Waals surface area contributed by atoms with Crippen LogP contribution in [0.2, 0.25) is 0 Å². The molecule has 78 valence electrons. The van der Waals surface area contributed by atoms with E-state index in [1.54, 1.807) is 18.2 Å². The van der Waals surface area contributed by atoms with E-state index in [-0.39, 0.29) is 12.3 Å². The molecule has 4 heteroatoms. The Morgan fingerprint density at radius 1 is 1.43 bits per heavy atom. The van der Waals surface area contributed by atoms with E-state index in [1.165, 1.54) is 7.05 Å². The molecular weight excluding hydrogens is 182 g/mol. The fourth-order valence-electron chi connectivity index (χ4n) is 1.21. The fourth-order valence-corrected chi connectivity index (χ4v) is 1.21. The predicted octanol–water partition coefficient (Wildman–Crippen LogP) is 1.61. The third-order valence-electron chi connectivity index (χ3n) is 1.78. The molecule has 14 heavy (non-hydrogen) atoms. The van der Waals surface area contributed by atoms with E-state index >= 15 is 0 Å². The van der Waals surface area contributed by atoms with Gasteiger partial charge in [0.15, 0.2) is 11.5 Å². The van der Waals surface area contributed by atoms with Crippen LogP contribution in [0.3, 0.4) is 0 Å². The van der Waals surface area contributed by atoms with Crippen molar-refractivity contribution < 1.29 is 15.1 Å². The first-order chi connectivity index (χ1) is 6.65. The second-order valence-corrected chi connectivity index (χ2v) is 3.01. The van der Waals surface area contributed by atoms with Crippen molar-refractivity contribution in [3.05, 3.63) is 23.8 Å². The van der Waals surface area contributed by atoms with Crippen molar-refractivity contribution in [3.8, 4) is 11.5 Å². The number of rotatable bonds is 4. The van der Waals surface area contributed by atoms with Crippen LogP contribution in [0.15, 0.2) is 18.2 Å². The maximum atomic E-state index is 9.71. The van der Waals surface area contributed by atoms with E-state index in [4.69, 9.17) is 9.94 Å². The molecule has 0 aliphatic rings. The van der Waals surface area contributed by atoms with Gasteiger partial charge in [-0.25, -0.2) is 0 Å². The average Bonchev–Trinajstić information content (AvgIpc) is 2.11. The molecular formula is C10H15NO3. The van der Waals surface area contributed by atoms with Gasteiger partial charge in [-0.2, -0.15) is 5.06 Å². The number of phenolic OH excluding ortho intramolecular Hbond substituents is 1. The normalized spacial score (nSPS) is 10.6. The van der Waals surface area contributed by atoms with Gasteiger partial charge >= 0.3 is 0 Å². The summed E-state index contributed by atoms with van der Waals surface area (Å²) in [6.07, 6.45) is 0. The Balaban J connectivity index is 2.89. The van der Waals surface area contributed by atoms with Crippen LogP contribution in [0.4, 0.5) is 0 Å². The van der Waals surface area contributed by atoms with Gasteiger partial charge in [-0.15, -0.1) is 0 Å². The Morgan fingerprint density at radius 3 is 2.71 bits per heavy atom. The summed E-state index contributed by atoms with van der Waals surface area (Å²) in [7, 11) is 1.52. The summed E-state index contributed by atoms with van der Waals surface area (Å²) in [5.41, 5.74) is 0.640. The molecule has 0 spiro atoms. The highest BCUT2D eigenvalue weighted by Gasteiger charge is 2.08. The van der Waals surface area contributed by atoms with E-state index in [9.17, 15) is 5.11 Å². The Morgan fingerprint density at radius 2 is 2.14 bits per heavy atom. The van der Waals surface area contributed by atoms with Gasteiger partial charge in [-0.1, -0.05) is 12.1 Å². The lowest BCUT2D eigenvalue weighted by atomic mass is 10.2. The largest absolute Gasteiger partial charge is 0.504 e. The van der Waals surface area contributed by atoms with Crippen LogP contribution < -0.4 is 4.74 Å². The molecule has 1 aromatic rings. The highest BCUT2D eigenvalue weighted by molar-refractivity contribution is 5.45. The number of hydrogen-bond acceptors (Lipinski definition) is 4. The minimum atomic E-state index is 0.0928. The highest BCUT2D eigenvalue weighted by atomic mass is 16.5. The number of phenols is 1. The number of benzene rings is 1. The van der Waals surface area contributed by atoms with E-state index in [0.717, 1.165) is 5.06 Å². The number of nitrogens with zero attached hydrogens (tertiary/aromatic N) is 1. The molecule has 0 fully saturated rings. The molecule has 0 aliphatic heterocycles. The van der Waals surface area contributed by atoms with Gasteiger partial charge in [0.05, 0.1) is 13.2 Å². The van der Waals surface area contributed by atoms with Gasteiger partial charge in [0, 0.05) is 12.6 Å². The van der Waals surface area contributed by atoms with Crippen LogP contribution in [-0.4, -0.2) is 29.0 Å². The van der Waals surface area contributed by atoms with Crippen molar-refractivity contribution in [2.75, 3.05) is 13.7 Å². The minimum absolute atomic E-state index is 0.0928. The number of aromatic hydroxyl groups is 1. The Bertz CT molecular complexity index is 299. The Labute approximate surface area is 83.3 Å². The predicted molar refractivity (Wildman–Crippen MR) is 52.5 cm³/mol. The van der Waals surface area contributed by atoms with Gasteiger partial charge in [0.2, 0.25) is 0 Å². The van der Waals surface area contributed by atoms with Crippen molar-refractivity contribution in [2.45, 2.75) is 13.5 Å². The molecule has 0 unspecified atom stereocenters. The topological polar surface area (TPSA) is 52.9 Å². The van der Waals surface area contributed by atoms with E-state index < -0.39 is 0 Å². The van der Waals surface area contributed by atoms with Gasteiger partial charge in [0.1, 0.15) is 0 Å². The summed E-state index contributed by atoms with van der Waals surface area (Å²) in [6, 6.07) is 5.22. The second kappa shape index (κ2) is 4.83. The molecule has 0 aliphatic carbocycles. The van der Waals surface area contributed by atoms with Crippen LogP contribution in [-0.2, 0) is 6.54 Å². The van der Waals surface area contributed by atoms with E-state index in [1.807, 2.05) is 6.92 Å². The maximum absolute atomic E-state index is 9.71. The fraction of sp³-hybridized carbons (Fsp3) is 0.400. The monoisotopic (exact) mass is 197 g/mol. The third kappa shape index (κ3) is 2.61. The van der Waals surface area contributed by atoms with Gasteiger partial charge < -0.3 is 15.1 Å². The number of ether oxygens (including phenoxy) is 1. The standard InChI is InChI=1S/C10H15NO3/c1-3-14-9-6-4-5-8(10(9)12)7-11(2)13/h4-6,12-13H,3,7H2,1-2H3. The van der Waals surface area contributed by atoms with E-state index in [0.29, 0.717) is 17.9 Å². The average molecular weight is 197 g/mol. The molecule has 0 radical (unpaired) electrons. The van der Waals surface area contributed by atoms with Crippen molar-refractivity contribution in [2.24, 2.45) is 0 Å². The molecule has 0 saturated carbocycles. The van der Waals surface area contributed by atoms with Crippen molar-refractivity contribution in [1.29, 1.82) is 0 Å². The molecule has 0 amide bonds. The summed E-state index contributed by atoms with van der Waals surface area (Å²) < 4.78 is 5.21. The smallest absolute Gasteiger partial charge is 0.162 e. The van der Waals surface area contributed by atoms with Gasteiger partial charge in [-0.3, -0.25) is 0 Å². The molecule has 0 saturated heterocycles. The molecule has 4 nitrogen and oxygen atoms in total. The zero-order valence-corrected chi connectivity index (χ0v) is 8.40. The summed E-state index contributed by atoms with van der Waals surface area (Å²) in [4.78, 5) is 0. The van der Waals surface area contributed by atoms with Crippen LogP contribution in [0.1, 0.15) is 12.5 Å². The Hall–Kier alpha value is -1.26. The first-order valence-corrected chi connectivity index (χ1v) is 4.48. The first-order valence-electron chi connectivity index (χ1n) is 4.48. The van der Waals surface area contributed by atoms with Gasteiger partial charge in [0.25, 0.3) is 0 Å². The van der Waals surface area contributed by atoms with Crippen LogP contribution in [0.5, 0.6) is 11.5 Å². The lowest BCUT2D eigenvalue weighted by Gasteiger charge is -2.12. The summed E-state index contributed by atoms with van der Waals surface area (Å²) >= 11 is 0. The maximum Gasteiger partial charge on any atom is 0.162 e. The van der Waals surface area contributed by atoms with Gasteiger partial charge in [-0.05, 0) is 13.0 Å². The molecule has 1 rings (SSSR count). The molecule has 0 bridgehead atoms. The lowest BCUT2D eigenvalue weighted by molar-refractivity contribution is -0.0736. The number of para-hydroxylation sites is 1. The second-order valence-electron chi connectivity index (χ2n) is 3.01. The molecule has 1 aromatic carbocycles. The van der Waals surface area contributed by atoms with Crippen LogP contribution in [0, 0.1) is 0 Å². The zero-order valence-electron chi connectivity index (χ0n) is 8.40. The number of hydrogen-bond donors (Lipinski definition) is 2. The zero-order chi connectivity index (χ0) is 10.6. The van der Waals surface area contributed by atoms with Crippen molar-refractivity contribution in [3.63, 3.8) is 0 Å². The van der Waals surface area contributed by atoms with Crippen LogP contribution >= 0.6 is 0 Å². The molecule has 2 N–H and O–H groups in total. The first kappa shape index (κ1) is 10.8. The quantitative estimate of drug-likeness (QED) is 0.720. The number of hydroxylamine groups is 2. The van der Waals surface area contributed by atoms with Crippen LogP contribution in [0.25, 0.3) is 0 Å². The Kier molecular flexibility index (Phi) is 3.73. The third-order valence-corrected chi connectivity index (χ3v) is 1.78. The van der Waals surface area contributed by atoms with Crippen molar-refractivity contribution >= 4 is 0 Å². The molecule has 0 aromatic heterocycles. The summed E-state index contributed by atoms with van der Waals surface area (Å²) in [5.74, 6) is 0.544. The molecule has 0 heterocycles. The van der Waals surface area contributed by atoms with E-state index in [2.05, 4.69) is 0 Å².